The molecule has 0 bridgehead atoms. The van der Waals surface area contributed by atoms with Crippen LogP contribution in [0.1, 0.15) is 46.2 Å². The van der Waals surface area contributed by atoms with Gasteiger partial charge in [0.2, 0.25) is 5.91 Å². The summed E-state index contributed by atoms with van der Waals surface area (Å²) in [6.07, 6.45) is 5.17. The average molecular weight is 421 g/mol. The normalized spacial score (nSPS) is 15.8. The zero-order valence-electron chi connectivity index (χ0n) is 17.3. The second kappa shape index (κ2) is 9.07. The highest BCUT2D eigenvalue weighted by molar-refractivity contribution is 5.95. The fourth-order valence-electron chi connectivity index (χ4n) is 3.88. The van der Waals surface area contributed by atoms with Gasteiger partial charge in [-0.05, 0) is 55.7 Å². The summed E-state index contributed by atoms with van der Waals surface area (Å²) in [6.45, 7) is 2.98. The Labute approximate surface area is 179 Å². The van der Waals surface area contributed by atoms with Crippen molar-refractivity contribution in [2.45, 2.75) is 38.9 Å². The molecular formula is C23H24FN5O2. The summed E-state index contributed by atoms with van der Waals surface area (Å²) in [5.41, 5.74) is 2.70. The summed E-state index contributed by atoms with van der Waals surface area (Å²) in [7, 11) is 0. The molecule has 2 aromatic heterocycles. The van der Waals surface area contributed by atoms with E-state index in [1.54, 1.807) is 48.3 Å². The molecule has 0 saturated carbocycles. The Morgan fingerprint density at radius 2 is 2.00 bits per heavy atom. The number of likely N-dealkylation sites (tertiary alicyclic amines) is 1. The zero-order valence-corrected chi connectivity index (χ0v) is 17.3. The lowest BCUT2D eigenvalue weighted by atomic mass is 10.1. The van der Waals surface area contributed by atoms with Crippen LogP contribution in [-0.4, -0.2) is 38.0 Å². The first kappa shape index (κ1) is 20.7. The first-order valence-corrected chi connectivity index (χ1v) is 10.3. The van der Waals surface area contributed by atoms with Crippen LogP contribution in [0.4, 0.5) is 4.39 Å². The first-order chi connectivity index (χ1) is 15.0. The van der Waals surface area contributed by atoms with E-state index in [-0.39, 0.29) is 30.2 Å². The number of hydrogen-bond donors (Lipinski definition) is 1. The highest BCUT2D eigenvalue weighted by Gasteiger charge is 2.31. The van der Waals surface area contributed by atoms with E-state index in [0.29, 0.717) is 24.3 Å². The van der Waals surface area contributed by atoms with E-state index in [1.807, 2.05) is 11.0 Å². The Hall–Kier alpha value is -3.55. The van der Waals surface area contributed by atoms with Crippen molar-refractivity contribution >= 4 is 11.8 Å². The number of nitrogens with zero attached hydrogens (tertiary/aromatic N) is 4. The van der Waals surface area contributed by atoms with Crippen molar-refractivity contribution in [2.75, 3.05) is 6.54 Å². The minimum absolute atomic E-state index is 0.00627. The molecule has 1 aromatic carbocycles. The van der Waals surface area contributed by atoms with Crippen LogP contribution in [0.15, 0.2) is 54.9 Å². The summed E-state index contributed by atoms with van der Waals surface area (Å²) < 4.78 is 14.6. The predicted molar refractivity (Wildman–Crippen MR) is 112 cm³/mol. The van der Waals surface area contributed by atoms with Crippen LogP contribution >= 0.6 is 0 Å². The molecule has 8 heteroatoms. The van der Waals surface area contributed by atoms with Gasteiger partial charge < -0.3 is 10.2 Å². The molecular weight excluding hydrogens is 397 g/mol. The van der Waals surface area contributed by atoms with Crippen LogP contribution in [0.5, 0.6) is 0 Å². The van der Waals surface area contributed by atoms with Crippen molar-refractivity contribution in [3.05, 3.63) is 83.2 Å². The standard InChI is InChI=1S/C23H24FN5O2/c1-16-19(23(31)25-14-17-5-7-18(24)8-6-17)9-10-20(27-16)21-4-2-13-29(21)22(30)15-28-12-3-11-26-28/h3,5-12,21H,2,4,13-15H2,1H3,(H,25,31). The number of pyridine rings is 1. The molecule has 3 heterocycles. The van der Waals surface area contributed by atoms with E-state index in [0.717, 1.165) is 24.1 Å². The summed E-state index contributed by atoms with van der Waals surface area (Å²) >= 11 is 0. The van der Waals surface area contributed by atoms with Crippen molar-refractivity contribution in [3.63, 3.8) is 0 Å². The van der Waals surface area contributed by atoms with E-state index < -0.39 is 0 Å². The molecule has 1 unspecified atom stereocenters. The number of benzene rings is 1. The maximum absolute atomic E-state index is 13.0. The number of halogens is 1. The highest BCUT2D eigenvalue weighted by Crippen LogP contribution is 2.31. The molecule has 1 N–H and O–H groups in total. The Bertz CT molecular complexity index is 1070. The van der Waals surface area contributed by atoms with E-state index in [2.05, 4.69) is 15.4 Å². The quantitative estimate of drug-likeness (QED) is 0.664. The molecule has 160 valence electrons. The molecule has 4 rings (SSSR count). The van der Waals surface area contributed by atoms with Gasteiger partial charge in [-0.2, -0.15) is 5.10 Å². The molecule has 2 amide bonds. The number of aromatic nitrogens is 3. The van der Waals surface area contributed by atoms with Crippen LogP contribution in [0, 0.1) is 12.7 Å². The van der Waals surface area contributed by atoms with Crippen LogP contribution in [-0.2, 0) is 17.9 Å². The topological polar surface area (TPSA) is 80.1 Å². The van der Waals surface area contributed by atoms with Gasteiger partial charge >= 0.3 is 0 Å². The molecule has 0 spiro atoms. The Morgan fingerprint density at radius 3 is 2.71 bits per heavy atom. The van der Waals surface area contributed by atoms with Gasteiger partial charge in [0.25, 0.3) is 5.91 Å². The van der Waals surface area contributed by atoms with E-state index >= 15 is 0 Å². The lowest BCUT2D eigenvalue weighted by Crippen LogP contribution is -2.34. The molecule has 31 heavy (non-hydrogen) atoms. The number of hydrogen-bond acceptors (Lipinski definition) is 4. The summed E-state index contributed by atoms with van der Waals surface area (Å²) in [6, 6.07) is 11.3. The van der Waals surface area contributed by atoms with Crippen LogP contribution in [0.2, 0.25) is 0 Å². The summed E-state index contributed by atoms with van der Waals surface area (Å²) in [5, 5.41) is 6.95. The molecule has 1 saturated heterocycles. The third-order valence-electron chi connectivity index (χ3n) is 5.49. The van der Waals surface area contributed by atoms with E-state index in [1.165, 1.54) is 12.1 Å². The summed E-state index contributed by atoms with van der Waals surface area (Å²) in [4.78, 5) is 31.8. The number of rotatable bonds is 6. The second-order valence-electron chi connectivity index (χ2n) is 7.63. The summed E-state index contributed by atoms with van der Waals surface area (Å²) in [5.74, 6) is -0.541. The highest BCUT2D eigenvalue weighted by atomic mass is 19.1. The van der Waals surface area contributed by atoms with Crippen molar-refractivity contribution in [1.82, 2.24) is 25.0 Å². The largest absolute Gasteiger partial charge is 0.348 e. The fourth-order valence-corrected chi connectivity index (χ4v) is 3.88. The maximum atomic E-state index is 13.0. The minimum atomic E-state index is -0.310. The van der Waals surface area contributed by atoms with Gasteiger partial charge in [-0.1, -0.05) is 12.1 Å². The Kier molecular flexibility index (Phi) is 6.06. The zero-order chi connectivity index (χ0) is 21.8. The van der Waals surface area contributed by atoms with Crippen LogP contribution < -0.4 is 5.32 Å². The molecule has 7 nitrogen and oxygen atoms in total. The Balaban J connectivity index is 1.43. The molecule has 1 aliphatic rings. The van der Waals surface area contributed by atoms with Gasteiger partial charge in [0, 0.05) is 25.5 Å². The molecule has 1 fully saturated rings. The monoisotopic (exact) mass is 421 g/mol. The third-order valence-corrected chi connectivity index (χ3v) is 5.49. The average Bonchev–Trinajstić information content (AvgIpc) is 3.45. The lowest BCUT2D eigenvalue weighted by molar-refractivity contribution is -0.133. The van der Waals surface area contributed by atoms with Crippen molar-refractivity contribution in [3.8, 4) is 0 Å². The smallest absolute Gasteiger partial charge is 0.253 e. The van der Waals surface area contributed by atoms with Gasteiger partial charge in [-0.15, -0.1) is 0 Å². The van der Waals surface area contributed by atoms with Gasteiger partial charge in [-0.3, -0.25) is 19.3 Å². The van der Waals surface area contributed by atoms with Gasteiger partial charge in [-0.25, -0.2) is 4.39 Å². The molecule has 0 radical (unpaired) electrons. The number of aryl methyl sites for hydroxylation is 1. The minimum Gasteiger partial charge on any atom is -0.348 e. The van der Waals surface area contributed by atoms with Crippen LogP contribution in [0.25, 0.3) is 0 Å². The number of carbonyl (C=O) groups excluding carboxylic acids is 2. The predicted octanol–water partition coefficient (Wildman–Crippen LogP) is 3.02. The lowest BCUT2D eigenvalue weighted by Gasteiger charge is -2.25. The van der Waals surface area contributed by atoms with E-state index in [4.69, 9.17) is 0 Å². The molecule has 1 atom stereocenters. The number of nitrogens with one attached hydrogen (secondary N) is 1. The van der Waals surface area contributed by atoms with Crippen molar-refractivity contribution in [1.29, 1.82) is 0 Å². The van der Waals surface area contributed by atoms with Crippen molar-refractivity contribution < 1.29 is 14.0 Å². The molecule has 1 aliphatic heterocycles. The number of carbonyl (C=O) groups is 2. The SMILES string of the molecule is Cc1nc(C2CCCN2C(=O)Cn2cccn2)ccc1C(=O)NCc1ccc(F)cc1. The third kappa shape index (κ3) is 4.79. The van der Waals surface area contributed by atoms with Crippen molar-refractivity contribution in [2.24, 2.45) is 0 Å². The van der Waals surface area contributed by atoms with Gasteiger partial charge in [0.15, 0.2) is 0 Å². The number of amides is 2. The van der Waals surface area contributed by atoms with Gasteiger partial charge in [0.05, 0.1) is 23.0 Å². The fraction of sp³-hybridized carbons (Fsp3) is 0.304. The molecule has 3 aromatic rings. The van der Waals surface area contributed by atoms with Crippen LogP contribution in [0.3, 0.4) is 0 Å². The van der Waals surface area contributed by atoms with E-state index in [9.17, 15) is 14.0 Å². The van der Waals surface area contributed by atoms with Gasteiger partial charge in [0.1, 0.15) is 12.4 Å². The second-order valence-corrected chi connectivity index (χ2v) is 7.63. The Morgan fingerprint density at radius 1 is 1.19 bits per heavy atom. The first-order valence-electron chi connectivity index (χ1n) is 10.3. The maximum Gasteiger partial charge on any atom is 0.253 e. The molecule has 0 aliphatic carbocycles.